The molecule has 41 heavy (non-hydrogen) atoms. The van der Waals surface area contributed by atoms with Crippen LogP contribution in [0.4, 0.5) is 9.59 Å². The quantitative estimate of drug-likeness (QED) is 0.242. The number of hydrogen-bond acceptors (Lipinski definition) is 6. The fraction of sp³-hybridized carbons (Fsp3) is 0.581. The fourth-order valence-electron chi connectivity index (χ4n) is 4.95. The molecule has 3 heterocycles. The van der Waals surface area contributed by atoms with Crippen molar-refractivity contribution >= 4 is 25.8 Å². The highest BCUT2D eigenvalue weighted by Crippen LogP contribution is 2.34. The van der Waals surface area contributed by atoms with Crippen molar-refractivity contribution in [3.05, 3.63) is 59.7 Å². The molecule has 2 aliphatic heterocycles. The standard InChI is InChI=1S/C31H46N4O5Si/c1-31(2,3)40-29(36)33-17-14-25(15-18-33)26-21-34(23-38-19-20-41(4,5)6)28(32-26)27-13-10-16-35(27)30(37)39-22-24-11-8-7-9-12-24/h7-9,11-12,14,21,27H,10,13,15-20,22-23H2,1-6H3/t27-/m0/s1. The predicted octanol–water partition coefficient (Wildman–Crippen LogP) is 6.69. The summed E-state index contributed by atoms with van der Waals surface area (Å²) in [5, 5.41) is 0. The lowest BCUT2D eigenvalue weighted by Crippen LogP contribution is -2.39. The molecule has 2 aliphatic rings. The van der Waals surface area contributed by atoms with Gasteiger partial charge in [-0.15, -0.1) is 0 Å². The molecule has 224 valence electrons. The molecule has 0 bridgehead atoms. The summed E-state index contributed by atoms with van der Waals surface area (Å²) in [5.41, 5.74) is 2.38. The molecule has 0 radical (unpaired) electrons. The van der Waals surface area contributed by atoms with E-state index in [2.05, 4.69) is 25.7 Å². The van der Waals surface area contributed by atoms with Crippen LogP contribution >= 0.6 is 0 Å². The number of nitrogens with zero attached hydrogens (tertiary/aromatic N) is 4. The van der Waals surface area contributed by atoms with Crippen LogP contribution in [0.25, 0.3) is 5.57 Å². The molecule has 0 aliphatic carbocycles. The summed E-state index contributed by atoms with van der Waals surface area (Å²) in [6.45, 7) is 15.6. The van der Waals surface area contributed by atoms with E-state index in [1.165, 1.54) is 0 Å². The van der Waals surface area contributed by atoms with Gasteiger partial charge in [0.05, 0.1) is 11.7 Å². The van der Waals surface area contributed by atoms with Crippen molar-refractivity contribution in [3.63, 3.8) is 0 Å². The number of carbonyl (C=O) groups excluding carboxylic acids is 2. The minimum atomic E-state index is -1.22. The first kappa shape index (κ1) is 30.8. The van der Waals surface area contributed by atoms with E-state index in [4.69, 9.17) is 19.2 Å². The number of benzene rings is 1. The second-order valence-electron chi connectivity index (χ2n) is 13.1. The van der Waals surface area contributed by atoms with Gasteiger partial charge < -0.3 is 23.7 Å². The zero-order valence-electron chi connectivity index (χ0n) is 25.5. The summed E-state index contributed by atoms with van der Waals surface area (Å²) in [5.74, 6) is 0.817. The van der Waals surface area contributed by atoms with Gasteiger partial charge in [0, 0.05) is 40.5 Å². The Balaban J connectivity index is 1.50. The third-order valence-corrected chi connectivity index (χ3v) is 8.92. The summed E-state index contributed by atoms with van der Waals surface area (Å²) in [6, 6.07) is 10.6. The average molecular weight is 583 g/mol. The number of imidazole rings is 1. The molecule has 10 heteroatoms. The molecule has 2 amide bonds. The van der Waals surface area contributed by atoms with E-state index in [1.54, 1.807) is 9.80 Å². The Kier molecular flexibility index (Phi) is 9.96. The van der Waals surface area contributed by atoms with E-state index in [-0.39, 0.29) is 24.8 Å². The van der Waals surface area contributed by atoms with Crippen LogP contribution in [0, 0.1) is 0 Å². The Morgan fingerprint density at radius 3 is 2.49 bits per heavy atom. The number of ether oxygens (including phenoxy) is 3. The lowest BCUT2D eigenvalue weighted by molar-refractivity contribution is 0.0270. The van der Waals surface area contributed by atoms with Crippen LogP contribution < -0.4 is 0 Å². The summed E-state index contributed by atoms with van der Waals surface area (Å²) < 4.78 is 19.4. The highest BCUT2D eigenvalue weighted by Gasteiger charge is 2.35. The molecule has 0 saturated carbocycles. The molecule has 4 rings (SSSR count). The number of amides is 2. The van der Waals surface area contributed by atoms with Gasteiger partial charge in [0.2, 0.25) is 0 Å². The minimum Gasteiger partial charge on any atom is -0.445 e. The van der Waals surface area contributed by atoms with Crippen molar-refractivity contribution in [1.82, 2.24) is 19.4 Å². The Morgan fingerprint density at radius 1 is 1.07 bits per heavy atom. The molecule has 9 nitrogen and oxygen atoms in total. The first-order valence-corrected chi connectivity index (χ1v) is 18.4. The van der Waals surface area contributed by atoms with Gasteiger partial charge in [0.25, 0.3) is 0 Å². The average Bonchev–Trinajstić information content (AvgIpc) is 3.56. The molecule has 0 spiro atoms. The third-order valence-electron chi connectivity index (χ3n) is 7.21. The van der Waals surface area contributed by atoms with Gasteiger partial charge in [-0.25, -0.2) is 14.6 Å². The van der Waals surface area contributed by atoms with Crippen LogP contribution in [0.1, 0.15) is 63.2 Å². The third kappa shape index (κ3) is 8.93. The van der Waals surface area contributed by atoms with Crippen LogP contribution in [0.5, 0.6) is 0 Å². The number of carbonyl (C=O) groups is 2. The number of aromatic nitrogens is 2. The molecule has 1 fully saturated rings. The van der Waals surface area contributed by atoms with Crippen molar-refractivity contribution in [3.8, 4) is 0 Å². The molecule has 1 atom stereocenters. The van der Waals surface area contributed by atoms with Crippen LogP contribution in [-0.2, 0) is 27.5 Å². The summed E-state index contributed by atoms with van der Waals surface area (Å²) in [7, 11) is -1.22. The number of hydrogen-bond donors (Lipinski definition) is 0. The van der Waals surface area contributed by atoms with E-state index in [0.29, 0.717) is 39.4 Å². The maximum absolute atomic E-state index is 13.2. The van der Waals surface area contributed by atoms with Crippen LogP contribution in [-0.4, -0.2) is 71.5 Å². The van der Waals surface area contributed by atoms with E-state index in [9.17, 15) is 9.59 Å². The molecule has 0 unspecified atom stereocenters. The lowest BCUT2D eigenvalue weighted by atomic mass is 10.1. The van der Waals surface area contributed by atoms with Crippen molar-refractivity contribution < 1.29 is 23.8 Å². The largest absolute Gasteiger partial charge is 0.445 e. The fourth-order valence-corrected chi connectivity index (χ4v) is 5.70. The van der Waals surface area contributed by atoms with Crippen molar-refractivity contribution in [2.75, 3.05) is 26.2 Å². The summed E-state index contributed by atoms with van der Waals surface area (Å²) in [6.07, 6.45) is 5.84. The van der Waals surface area contributed by atoms with E-state index >= 15 is 0 Å². The zero-order chi connectivity index (χ0) is 29.6. The summed E-state index contributed by atoms with van der Waals surface area (Å²) >= 11 is 0. The Hall–Kier alpha value is -3.11. The van der Waals surface area contributed by atoms with Gasteiger partial charge in [-0.3, -0.25) is 4.90 Å². The summed E-state index contributed by atoms with van der Waals surface area (Å²) in [4.78, 5) is 34.3. The number of likely N-dealkylation sites (tertiary alicyclic amines) is 1. The first-order chi connectivity index (χ1) is 19.4. The van der Waals surface area contributed by atoms with Gasteiger partial charge in [0.15, 0.2) is 0 Å². The molecule has 2 aromatic rings. The topological polar surface area (TPSA) is 86.1 Å². The van der Waals surface area contributed by atoms with Gasteiger partial charge in [-0.2, -0.15) is 0 Å². The van der Waals surface area contributed by atoms with E-state index in [0.717, 1.165) is 41.5 Å². The number of rotatable bonds is 9. The maximum atomic E-state index is 13.2. The first-order valence-electron chi connectivity index (χ1n) is 14.7. The Bertz CT molecular complexity index is 1220. The molecular weight excluding hydrogens is 536 g/mol. The highest BCUT2D eigenvalue weighted by atomic mass is 28.3. The van der Waals surface area contributed by atoms with E-state index in [1.807, 2.05) is 61.9 Å². The monoisotopic (exact) mass is 582 g/mol. The Labute approximate surface area is 245 Å². The molecular formula is C31H46N4O5Si. The van der Waals surface area contributed by atoms with Crippen LogP contribution in [0.2, 0.25) is 25.7 Å². The zero-order valence-corrected chi connectivity index (χ0v) is 26.5. The van der Waals surface area contributed by atoms with E-state index < -0.39 is 13.7 Å². The van der Waals surface area contributed by atoms with Gasteiger partial charge in [-0.1, -0.05) is 56.0 Å². The lowest BCUT2D eigenvalue weighted by Gasteiger charge is -2.29. The highest BCUT2D eigenvalue weighted by molar-refractivity contribution is 6.76. The molecule has 1 saturated heterocycles. The van der Waals surface area contributed by atoms with Gasteiger partial charge >= 0.3 is 12.2 Å². The molecule has 1 aromatic heterocycles. The normalized spacial score (nSPS) is 17.9. The molecule has 1 aromatic carbocycles. The Morgan fingerprint density at radius 2 is 1.83 bits per heavy atom. The van der Waals surface area contributed by atoms with Crippen molar-refractivity contribution in [2.45, 2.75) is 90.7 Å². The maximum Gasteiger partial charge on any atom is 0.410 e. The molecule has 0 N–H and O–H groups in total. The van der Waals surface area contributed by atoms with Gasteiger partial charge in [0.1, 0.15) is 24.8 Å². The van der Waals surface area contributed by atoms with Crippen LogP contribution in [0.15, 0.2) is 42.6 Å². The minimum absolute atomic E-state index is 0.185. The van der Waals surface area contributed by atoms with Crippen molar-refractivity contribution in [1.29, 1.82) is 0 Å². The smallest absolute Gasteiger partial charge is 0.410 e. The second-order valence-corrected chi connectivity index (χ2v) is 18.7. The SMILES string of the molecule is CC(C)(C)OC(=O)N1CC=C(c2cn(COCC[Si](C)(C)C)c([C@@H]3CCCN3C(=O)OCc3ccccc3)n2)CC1. The van der Waals surface area contributed by atoms with Crippen LogP contribution in [0.3, 0.4) is 0 Å². The second kappa shape index (κ2) is 13.2. The predicted molar refractivity (Wildman–Crippen MR) is 162 cm³/mol. The van der Waals surface area contributed by atoms with Crippen molar-refractivity contribution in [2.24, 2.45) is 0 Å². The van der Waals surface area contributed by atoms with Gasteiger partial charge in [-0.05, 0) is 57.2 Å².